The first kappa shape index (κ1) is 20.8. The van der Waals surface area contributed by atoms with Crippen molar-refractivity contribution in [1.82, 2.24) is 9.55 Å². The molecule has 0 fully saturated rings. The third-order valence-electron chi connectivity index (χ3n) is 3.99. The lowest BCUT2D eigenvalue weighted by molar-refractivity contribution is -0.113. The maximum Gasteiger partial charge on any atom is 0.339 e. The molecule has 9 heteroatoms. The highest BCUT2D eigenvalue weighted by Crippen LogP contribution is 2.24. The average Bonchev–Trinajstić information content (AvgIpc) is 3.09. The van der Waals surface area contributed by atoms with Gasteiger partial charge in [-0.05, 0) is 25.1 Å². The Labute approximate surface area is 175 Å². The Balaban J connectivity index is 1.81. The molecule has 0 radical (unpaired) electrons. The highest BCUT2D eigenvalue weighted by molar-refractivity contribution is 7.99. The molecule has 0 saturated heterocycles. The van der Waals surface area contributed by atoms with Crippen LogP contribution in [0.15, 0.2) is 52.9 Å². The third-order valence-corrected chi connectivity index (χ3v) is 5.91. The molecule has 1 amide bonds. The molecule has 29 heavy (non-hydrogen) atoms. The molecular formula is C20H19N3O4S2. The Kier molecular flexibility index (Phi) is 6.50. The van der Waals surface area contributed by atoms with E-state index in [0.717, 1.165) is 16.6 Å². The fourth-order valence-electron chi connectivity index (χ4n) is 2.71. The third kappa shape index (κ3) is 4.57. The summed E-state index contributed by atoms with van der Waals surface area (Å²) < 4.78 is 6.24. The van der Waals surface area contributed by atoms with Crippen LogP contribution in [-0.4, -0.2) is 34.3 Å². The van der Waals surface area contributed by atoms with Crippen molar-refractivity contribution in [3.63, 3.8) is 0 Å². The van der Waals surface area contributed by atoms with Gasteiger partial charge in [0.2, 0.25) is 5.91 Å². The van der Waals surface area contributed by atoms with Gasteiger partial charge in [0.05, 0.1) is 29.5 Å². The number of nitrogens with zero attached hydrogens (tertiary/aromatic N) is 2. The van der Waals surface area contributed by atoms with E-state index in [1.807, 2.05) is 13.0 Å². The van der Waals surface area contributed by atoms with Crippen LogP contribution in [0.5, 0.6) is 0 Å². The van der Waals surface area contributed by atoms with Gasteiger partial charge in [-0.25, -0.2) is 9.78 Å². The molecule has 3 rings (SSSR count). The number of benzene rings is 1. The number of aryl methyl sites for hydroxylation is 1. The standard InChI is InChI=1S/C20H19N3O4S2/c1-4-9-23-18(25)14-10-12(2)29-17(14)22-20(23)28-11-16(24)21-15-8-6-5-7-13(15)19(26)27-3/h4-8,10H,1,9,11H2,2-3H3,(H,21,24). The maximum absolute atomic E-state index is 12.8. The number of methoxy groups -OCH3 is 1. The van der Waals surface area contributed by atoms with E-state index in [4.69, 9.17) is 4.74 Å². The van der Waals surface area contributed by atoms with Crippen molar-refractivity contribution in [3.8, 4) is 0 Å². The number of carbonyl (C=O) groups excluding carboxylic acids is 2. The van der Waals surface area contributed by atoms with Gasteiger partial charge in [0.25, 0.3) is 5.56 Å². The van der Waals surface area contributed by atoms with Crippen molar-refractivity contribution >= 4 is 50.9 Å². The van der Waals surface area contributed by atoms with Gasteiger partial charge < -0.3 is 10.1 Å². The number of para-hydroxylation sites is 1. The van der Waals surface area contributed by atoms with Crippen molar-refractivity contribution in [1.29, 1.82) is 0 Å². The highest BCUT2D eigenvalue weighted by atomic mass is 32.2. The van der Waals surface area contributed by atoms with Crippen molar-refractivity contribution in [2.24, 2.45) is 0 Å². The van der Waals surface area contributed by atoms with Gasteiger partial charge in [0.15, 0.2) is 5.16 Å². The van der Waals surface area contributed by atoms with Gasteiger partial charge in [-0.2, -0.15) is 0 Å². The second kappa shape index (κ2) is 9.06. The largest absolute Gasteiger partial charge is 0.465 e. The van der Waals surface area contributed by atoms with Gasteiger partial charge in [-0.15, -0.1) is 17.9 Å². The van der Waals surface area contributed by atoms with Gasteiger partial charge in [0, 0.05) is 11.4 Å². The highest BCUT2D eigenvalue weighted by Gasteiger charge is 2.16. The molecule has 0 aliphatic rings. The number of fused-ring (bicyclic) bond motifs is 1. The van der Waals surface area contributed by atoms with E-state index in [0.29, 0.717) is 27.6 Å². The average molecular weight is 430 g/mol. The van der Waals surface area contributed by atoms with Gasteiger partial charge in [0.1, 0.15) is 4.83 Å². The summed E-state index contributed by atoms with van der Waals surface area (Å²) in [4.78, 5) is 43.2. The van der Waals surface area contributed by atoms with E-state index in [-0.39, 0.29) is 22.8 Å². The van der Waals surface area contributed by atoms with Crippen LogP contribution in [0.3, 0.4) is 0 Å². The Morgan fingerprint density at radius 3 is 2.86 bits per heavy atom. The lowest BCUT2D eigenvalue weighted by Gasteiger charge is -2.11. The summed E-state index contributed by atoms with van der Waals surface area (Å²) in [6, 6.07) is 8.42. The summed E-state index contributed by atoms with van der Waals surface area (Å²) >= 11 is 2.59. The molecular weight excluding hydrogens is 410 g/mol. The fraction of sp³-hybridized carbons (Fsp3) is 0.200. The van der Waals surface area contributed by atoms with Crippen LogP contribution in [0.2, 0.25) is 0 Å². The number of allylic oxidation sites excluding steroid dienone is 1. The second-order valence-corrected chi connectivity index (χ2v) is 8.23. The number of carbonyl (C=O) groups is 2. The number of thiophene rings is 1. The van der Waals surface area contributed by atoms with Crippen LogP contribution in [0.1, 0.15) is 15.2 Å². The van der Waals surface area contributed by atoms with E-state index in [9.17, 15) is 14.4 Å². The number of hydrogen-bond acceptors (Lipinski definition) is 7. The zero-order chi connectivity index (χ0) is 21.0. The molecule has 0 spiro atoms. The second-order valence-electron chi connectivity index (χ2n) is 6.05. The minimum atomic E-state index is -0.534. The summed E-state index contributed by atoms with van der Waals surface area (Å²) in [5, 5.41) is 3.72. The number of nitrogens with one attached hydrogen (secondary N) is 1. The van der Waals surface area contributed by atoms with Crippen LogP contribution in [-0.2, 0) is 16.1 Å². The molecule has 0 atom stereocenters. The van der Waals surface area contributed by atoms with Crippen molar-refractivity contribution in [2.45, 2.75) is 18.6 Å². The number of ether oxygens (including phenoxy) is 1. The molecule has 1 N–H and O–H groups in total. The van der Waals surface area contributed by atoms with Crippen LogP contribution in [0, 0.1) is 6.92 Å². The molecule has 150 valence electrons. The van der Waals surface area contributed by atoms with E-state index in [2.05, 4.69) is 16.9 Å². The van der Waals surface area contributed by atoms with E-state index < -0.39 is 5.97 Å². The van der Waals surface area contributed by atoms with E-state index in [1.54, 1.807) is 30.3 Å². The summed E-state index contributed by atoms with van der Waals surface area (Å²) in [6.45, 7) is 5.91. The molecule has 3 aromatic rings. The number of esters is 1. The molecule has 2 aromatic heterocycles. The predicted octanol–water partition coefficient (Wildman–Crippen LogP) is 3.47. The number of amides is 1. The minimum Gasteiger partial charge on any atom is -0.465 e. The number of rotatable bonds is 7. The smallest absolute Gasteiger partial charge is 0.339 e. The molecule has 0 saturated carbocycles. The molecule has 0 aliphatic carbocycles. The Morgan fingerprint density at radius 1 is 1.38 bits per heavy atom. The molecule has 0 bridgehead atoms. The zero-order valence-corrected chi connectivity index (χ0v) is 17.6. The van der Waals surface area contributed by atoms with Crippen molar-refractivity contribution in [2.75, 3.05) is 18.2 Å². The number of aromatic nitrogens is 2. The van der Waals surface area contributed by atoms with Crippen LogP contribution >= 0.6 is 23.1 Å². The number of anilines is 1. The van der Waals surface area contributed by atoms with Gasteiger partial charge in [-0.1, -0.05) is 30.0 Å². The topological polar surface area (TPSA) is 90.3 Å². The maximum atomic E-state index is 12.8. The summed E-state index contributed by atoms with van der Waals surface area (Å²) in [5.41, 5.74) is 0.481. The van der Waals surface area contributed by atoms with Gasteiger partial charge in [-0.3, -0.25) is 14.2 Å². The number of hydrogen-bond donors (Lipinski definition) is 1. The summed E-state index contributed by atoms with van der Waals surface area (Å²) in [7, 11) is 1.28. The van der Waals surface area contributed by atoms with Crippen LogP contribution in [0.25, 0.3) is 10.2 Å². The first-order chi connectivity index (χ1) is 13.9. The van der Waals surface area contributed by atoms with Crippen LogP contribution in [0.4, 0.5) is 5.69 Å². The van der Waals surface area contributed by atoms with Gasteiger partial charge >= 0.3 is 5.97 Å². The van der Waals surface area contributed by atoms with E-state index in [1.165, 1.54) is 23.0 Å². The molecule has 0 unspecified atom stereocenters. The lowest BCUT2D eigenvalue weighted by atomic mass is 10.2. The SMILES string of the molecule is C=CCn1c(SCC(=O)Nc2ccccc2C(=O)OC)nc2sc(C)cc2c1=O. The summed E-state index contributed by atoms with van der Waals surface area (Å²) in [6.07, 6.45) is 1.62. The quantitative estimate of drug-likeness (QED) is 0.268. The molecule has 1 aromatic carbocycles. The Morgan fingerprint density at radius 2 is 2.14 bits per heavy atom. The first-order valence-corrected chi connectivity index (χ1v) is 10.5. The molecule has 2 heterocycles. The fourth-order valence-corrected chi connectivity index (χ4v) is 4.44. The molecule has 7 nitrogen and oxygen atoms in total. The Bertz CT molecular complexity index is 1150. The number of thioether (sulfide) groups is 1. The zero-order valence-electron chi connectivity index (χ0n) is 15.9. The normalized spacial score (nSPS) is 10.7. The van der Waals surface area contributed by atoms with Crippen LogP contribution < -0.4 is 10.9 Å². The predicted molar refractivity (Wildman–Crippen MR) is 116 cm³/mol. The summed E-state index contributed by atoms with van der Waals surface area (Å²) in [5.74, 6) is -0.837. The first-order valence-electron chi connectivity index (χ1n) is 8.66. The molecule has 0 aliphatic heterocycles. The minimum absolute atomic E-state index is 0.0228. The van der Waals surface area contributed by atoms with E-state index >= 15 is 0 Å². The van der Waals surface area contributed by atoms with Crippen molar-refractivity contribution < 1.29 is 14.3 Å². The Hall–Kier alpha value is -2.91. The lowest BCUT2D eigenvalue weighted by Crippen LogP contribution is -2.23. The monoisotopic (exact) mass is 429 g/mol. The van der Waals surface area contributed by atoms with Crippen molar-refractivity contribution in [3.05, 3.63) is 63.8 Å².